The smallest absolute Gasteiger partial charge is 1.00 e. The normalized spacial score (nSPS) is 0. The summed E-state index contributed by atoms with van der Waals surface area (Å²) in [6.45, 7) is 0. The zero-order valence-electron chi connectivity index (χ0n) is 3.63. The fourth-order valence-corrected chi connectivity index (χ4v) is 0. The van der Waals surface area contributed by atoms with Gasteiger partial charge in [0.05, 0.1) is 0 Å². The molecule has 0 heterocycles. The van der Waals surface area contributed by atoms with Crippen LogP contribution < -0.4 is 43.7 Å². The van der Waals surface area contributed by atoms with E-state index in [1.807, 2.05) is 0 Å². The monoisotopic (exact) mass is 168 g/mol. The summed E-state index contributed by atoms with van der Waals surface area (Å²) in [4.78, 5) is 0. The molecular weight excluding hydrogens is 168 g/mol. The van der Waals surface area contributed by atoms with Gasteiger partial charge < -0.3 is 26.2 Å². The fraction of sp³-hybridized carbons (Fsp3) is 0. The Morgan fingerprint density at radius 3 is 1.00 bits per heavy atom. The molecule has 30 valence electrons. The molecular formula is HAlCl2CuLi. The minimum atomic E-state index is 0. The average molecular weight is 169 g/mol. The molecule has 0 aliphatic carbocycles. The summed E-state index contributed by atoms with van der Waals surface area (Å²) in [5, 5.41) is 0. The zero-order valence-corrected chi connectivity index (χ0v) is 6.24. The molecule has 0 saturated heterocycles. The molecule has 0 aromatic rings. The van der Waals surface area contributed by atoms with Gasteiger partial charge in [-0.25, -0.2) is 0 Å². The van der Waals surface area contributed by atoms with Gasteiger partial charge in [0.2, 0.25) is 0 Å². The van der Waals surface area contributed by atoms with Crippen LogP contribution in [0.5, 0.6) is 0 Å². The van der Waals surface area contributed by atoms with E-state index in [1.165, 1.54) is 0 Å². The number of hydrogen-bond donors (Lipinski definition) is 0. The molecule has 0 bridgehead atoms. The SMILES string of the molecule is [Al].[Cl-].[Cl-].[Cu+2].[H-].[Li+]. The first kappa shape index (κ1) is 56.4. The first-order valence-corrected chi connectivity index (χ1v) is 0. The summed E-state index contributed by atoms with van der Waals surface area (Å²) in [6.07, 6.45) is 0. The summed E-state index contributed by atoms with van der Waals surface area (Å²) in [7, 11) is 0. The third kappa shape index (κ3) is 22.4. The molecule has 0 aliphatic rings. The molecule has 0 rings (SSSR count). The van der Waals surface area contributed by atoms with Gasteiger partial charge >= 0.3 is 35.9 Å². The van der Waals surface area contributed by atoms with Crippen molar-refractivity contribution < 1.29 is 62.2 Å². The summed E-state index contributed by atoms with van der Waals surface area (Å²) in [5.74, 6) is 0. The van der Waals surface area contributed by atoms with E-state index in [0.717, 1.165) is 0 Å². The van der Waals surface area contributed by atoms with E-state index in [1.54, 1.807) is 0 Å². The molecule has 0 unspecified atom stereocenters. The van der Waals surface area contributed by atoms with Gasteiger partial charge in [0, 0.05) is 17.4 Å². The molecule has 0 N–H and O–H groups in total. The fourth-order valence-electron chi connectivity index (χ4n) is 0. The maximum absolute atomic E-state index is 0. The van der Waals surface area contributed by atoms with Gasteiger partial charge in [0.1, 0.15) is 0 Å². The van der Waals surface area contributed by atoms with E-state index < -0.39 is 0 Å². The van der Waals surface area contributed by atoms with Crippen molar-refractivity contribution in [2.45, 2.75) is 0 Å². The van der Waals surface area contributed by atoms with Gasteiger partial charge in [-0.2, -0.15) is 0 Å². The Morgan fingerprint density at radius 1 is 1.00 bits per heavy atom. The number of hydrogen-bond acceptors (Lipinski definition) is 0. The Hall–Kier alpha value is 2.23. The van der Waals surface area contributed by atoms with Crippen LogP contribution in [0.25, 0.3) is 0 Å². The molecule has 0 spiro atoms. The number of halogens is 2. The molecule has 4 radical (unpaired) electrons. The van der Waals surface area contributed by atoms with E-state index in [9.17, 15) is 0 Å². The second-order valence-electron chi connectivity index (χ2n) is 0. The standard InChI is InChI=1S/Al.2ClH.Cu.Li.H/h;2*1H;;;/q;;;+2;+1;-1/p-2. The summed E-state index contributed by atoms with van der Waals surface area (Å²) >= 11 is 0. The van der Waals surface area contributed by atoms with Crippen molar-refractivity contribution in [3.8, 4) is 0 Å². The molecule has 0 atom stereocenters. The van der Waals surface area contributed by atoms with Crippen molar-refractivity contribution in [3.05, 3.63) is 0 Å². The first-order valence-electron chi connectivity index (χ1n) is 0. The van der Waals surface area contributed by atoms with Crippen LogP contribution >= 0.6 is 0 Å². The molecule has 5 heavy (non-hydrogen) atoms. The Kier molecular flexibility index (Phi) is 387. The molecule has 0 saturated carbocycles. The van der Waals surface area contributed by atoms with Gasteiger partial charge in [-0.15, -0.1) is 0 Å². The van der Waals surface area contributed by atoms with Gasteiger partial charge in [0.25, 0.3) is 0 Å². The summed E-state index contributed by atoms with van der Waals surface area (Å²) < 4.78 is 0. The maximum Gasteiger partial charge on any atom is 2.00 e. The van der Waals surface area contributed by atoms with Gasteiger partial charge in [-0.1, -0.05) is 0 Å². The predicted molar refractivity (Wildman–Crippen MR) is 6.87 cm³/mol. The Morgan fingerprint density at radius 2 is 1.00 bits per heavy atom. The second kappa shape index (κ2) is 34.3. The van der Waals surface area contributed by atoms with Crippen molar-refractivity contribution in [3.63, 3.8) is 0 Å². The Labute approximate surface area is 78.9 Å². The van der Waals surface area contributed by atoms with Crippen LogP contribution in [0.4, 0.5) is 0 Å². The minimum Gasteiger partial charge on any atom is -1.00 e. The van der Waals surface area contributed by atoms with Gasteiger partial charge in [0.15, 0.2) is 0 Å². The first-order chi connectivity index (χ1) is 0. The van der Waals surface area contributed by atoms with Gasteiger partial charge in [-0.3, -0.25) is 0 Å². The third-order valence-corrected chi connectivity index (χ3v) is 0. The molecule has 0 fully saturated rings. The topological polar surface area (TPSA) is 0 Å². The van der Waals surface area contributed by atoms with Crippen LogP contribution in [0.15, 0.2) is 0 Å². The van der Waals surface area contributed by atoms with E-state index in [-0.39, 0.29) is 79.5 Å². The average Bonchev–Trinajstić information content (AvgIpc) is 0. The maximum atomic E-state index is 0. The van der Waals surface area contributed by atoms with Crippen LogP contribution in [-0.2, 0) is 17.1 Å². The van der Waals surface area contributed by atoms with E-state index in [4.69, 9.17) is 0 Å². The van der Waals surface area contributed by atoms with Crippen molar-refractivity contribution in [1.29, 1.82) is 0 Å². The van der Waals surface area contributed by atoms with Crippen molar-refractivity contribution in [2.75, 3.05) is 0 Å². The third-order valence-electron chi connectivity index (χ3n) is 0. The molecule has 0 aromatic carbocycles. The molecule has 0 nitrogen and oxygen atoms in total. The molecule has 5 heteroatoms. The van der Waals surface area contributed by atoms with Crippen LogP contribution in [0.2, 0.25) is 0 Å². The quantitative estimate of drug-likeness (QED) is 0.316. The van der Waals surface area contributed by atoms with Crippen molar-refractivity contribution >= 4 is 17.4 Å². The Bertz CT molecular complexity index is 13.5. The number of rotatable bonds is 0. The van der Waals surface area contributed by atoms with Crippen molar-refractivity contribution in [2.24, 2.45) is 0 Å². The largest absolute Gasteiger partial charge is 2.00 e. The van der Waals surface area contributed by atoms with E-state index in [0.29, 0.717) is 0 Å². The Balaban J connectivity index is 0. The van der Waals surface area contributed by atoms with Crippen LogP contribution in [0.3, 0.4) is 0 Å². The second-order valence-corrected chi connectivity index (χ2v) is 0. The zero-order chi connectivity index (χ0) is 0. The predicted octanol–water partition coefficient (Wildman–Crippen LogP) is -9.26. The van der Waals surface area contributed by atoms with Crippen molar-refractivity contribution in [1.82, 2.24) is 0 Å². The molecule has 0 aromatic heterocycles. The molecule has 0 amide bonds. The summed E-state index contributed by atoms with van der Waals surface area (Å²) in [5.41, 5.74) is 0. The van der Waals surface area contributed by atoms with Crippen LogP contribution in [0, 0.1) is 0 Å². The van der Waals surface area contributed by atoms with E-state index >= 15 is 0 Å². The van der Waals surface area contributed by atoms with E-state index in [2.05, 4.69) is 0 Å². The minimum absolute atomic E-state index is 0. The van der Waals surface area contributed by atoms with Crippen LogP contribution in [-0.4, -0.2) is 17.4 Å². The summed E-state index contributed by atoms with van der Waals surface area (Å²) in [6, 6.07) is 0. The van der Waals surface area contributed by atoms with Crippen LogP contribution in [0.1, 0.15) is 1.43 Å². The van der Waals surface area contributed by atoms with Gasteiger partial charge in [-0.05, 0) is 0 Å². The molecule has 0 aliphatic heterocycles.